The minimum atomic E-state index is -0.212. The van der Waals surface area contributed by atoms with E-state index in [1.54, 1.807) is 0 Å². The maximum atomic E-state index is 13.0. The molecule has 1 atom stereocenters. The predicted molar refractivity (Wildman–Crippen MR) is 93.6 cm³/mol. The van der Waals surface area contributed by atoms with Crippen LogP contribution < -0.4 is 10.2 Å². The van der Waals surface area contributed by atoms with Crippen molar-refractivity contribution in [2.45, 2.75) is 31.6 Å². The summed E-state index contributed by atoms with van der Waals surface area (Å²) in [6.45, 7) is 4.05. The maximum absolute atomic E-state index is 13.0. The quantitative estimate of drug-likeness (QED) is 0.866. The lowest BCUT2D eigenvalue weighted by Crippen LogP contribution is -2.36. The van der Waals surface area contributed by atoms with Gasteiger partial charge in [0.15, 0.2) is 0 Å². The first kappa shape index (κ1) is 15.3. The molecule has 2 aromatic rings. The van der Waals surface area contributed by atoms with Crippen LogP contribution in [-0.2, 0) is 9.53 Å². The van der Waals surface area contributed by atoms with Crippen LogP contribution in [-0.4, -0.2) is 53.9 Å². The number of nitrogens with zero attached hydrogens (tertiary/aromatic N) is 3. The third-order valence-electron chi connectivity index (χ3n) is 6.07. The molecule has 3 saturated heterocycles. The molecule has 0 bridgehead atoms. The Balaban J connectivity index is 1.49. The molecule has 0 saturated carbocycles. The molecule has 2 aromatic heterocycles. The maximum Gasteiger partial charge on any atom is 0.235 e. The lowest BCUT2D eigenvalue weighted by Gasteiger charge is -2.22. The Hall–Kier alpha value is -1.99. The molecular formula is C18H23N5O2. The van der Waals surface area contributed by atoms with Crippen molar-refractivity contribution in [1.82, 2.24) is 20.5 Å². The van der Waals surface area contributed by atoms with Crippen LogP contribution in [0.5, 0.6) is 0 Å². The van der Waals surface area contributed by atoms with Crippen molar-refractivity contribution in [2.24, 2.45) is 5.41 Å². The molecule has 0 radical (unpaired) electrons. The smallest absolute Gasteiger partial charge is 0.235 e. The Morgan fingerprint density at radius 1 is 1.24 bits per heavy atom. The Morgan fingerprint density at radius 2 is 2.12 bits per heavy atom. The number of carbonyl (C=O) groups is 1. The molecule has 2 N–H and O–H groups in total. The standard InChI is InChI=1S/C18H23N5O2/c24-17-18(5-7-19-11-18)6-8-23(17)14-2-1-13-16(20-14)15(22-21-13)12-3-9-25-10-4-12/h1-2,12,19H,3-11H2,(H,21,22)/t18-/m0/s1. The average Bonchev–Trinajstić information content (AvgIpc) is 3.36. The summed E-state index contributed by atoms with van der Waals surface area (Å²) in [4.78, 5) is 19.7. The highest BCUT2D eigenvalue weighted by molar-refractivity contribution is 6.00. The highest BCUT2D eigenvalue weighted by atomic mass is 16.5. The number of hydrogen-bond donors (Lipinski definition) is 2. The van der Waals surface area contributed by atoms with Gasteiger partial charge in [0.1, 0.15) is 16.9 Å². The first-order chi connectivity index (χ1) is 12.3. The number of anilines is 1. The van der Waals surface area contributed by atoms with E-state index in [1.807, 2.05) is 17.0 Å². The molecule has 1 amide bonds. The molecule has 3 fully saturated rings. The van der Waals surface area contributed by atoms with Gasteiger partial charge in [-0.05, 0) is 44.4 Å². The summed E-state index contributed by atoms with van der Waals surface area (Å²) < 4.78 is 5.47. The fourth-order valence-corrected chi connectivity index (χ4v) is 4.50. The third kappa shape index (κ3) is 2.37. The summed E-state index contributed by atoms with van der Waals surface area (Å²) in [7, 11) is 0. The summed E-state index contributed by atoms with van der Waals surface area (Å²) in [5, 5.41) is 10.9. The molecule has 0 aliphatic carbocycles. The van der Waals surface area contributed by atoms with Crippen molar-refractivity contribution < 1.29 is 9.53 Å². The number of fused-ring (bicyclic) bond motifs is 1. The molecule has 7 heteroatoms. The molecule has 0 unspecified atom stereocenters. The second-order valence-electron chi connectivity index (χ2n) is 7.48. The largest absolute Gasteiger partial charge is 0.381 e. The molecule has 3 aliphatic rings. The SMILES string of the molecule is O=C1N(c2ccc3n[nH]c(C4CCOCC4)c3n2)CC[C@]12CCNC2. The molecule has 132 valence electrons. The van der Waals surface area contributed by atoms with Crippen molar-refractivity contribution in [3.8, 4) is 0 Å². The average molecular weight is 341 g/mol. The van der Waals surface area contributed by atoms with Crippen molar-refractivity contribution in [3.05, 3.63) is 17.8 Å². The monoisotopic (exact) mass is 341 g/mol. The van der Waals surface area contributed by atoms with Gasteiger partial charge in [0.05, 0.1) is 11.1 Å². The molecule has 0 aromatic carbocycles. The van der Waals surface area contributed by atoms with E-state index in [0.29, 0.717) is 5.92 Å². The highest BCUT2D eigenvalue weighted by Gasteiger charge is 2.49. The van der Waals surface area contributed by atoms with Gasteiger partial charge < -0.3 is 10.1 Å². The van der Waals surface area contributed by atoms with Gasteiger partial charge in [-0.15, -0.1) is 0 Å². The Morgan fingerprint density at radius 3 is 2.92 bits per heavy atom. The number of carbonyl (C=O) groups excluding carboxylic acids is 1. The first-order valence-corrected chi connectivity index (χ1v) is 9.22. The molecule has 5 rings (SSSR count). The van der Waals surface area contributed by atoms with Gasteiger partial charge in [-0.25, -0.2) is 4.98 Å². The van der Waals surface area contributed by atoms with Gasteiger partial charge in [-0.2, -0.15) is 5.10 Å². The summed E-state index contributed by atoms with van der Waals surface area (Å²) in [6, 6.07) is 3.90. The fourth-order valence-electron chi connectivity index (χ4n) is 4.50. The number of nitrogens with one attached hydrogen (secondary N) is 2. The Kier molecular flexibility index (Phi) is 3.53. The van der Waals surface area contributed by atoms with Crippen LogP contribution in [0.15, 0.2) is 12.1 Å². The summed E-state index contributed by atoms with van der Waals surface area (Å²) >= 11 is 0. The van der Waals surface area contributed by atoms with E-state index in [2.05, 4.69) is 15.5 Å². The van der Waals surface area contributed by atoms with Crippen LogP contribution in [0.4, 0.5) is 5.82 Å². The van der Waals surface area contributed by atoms with Gasteiger partial charge in [0.2, 0.25) is 5.91 Å². The molecule has 3 aliphatic heterocycles. The molecule has 25 heavy (non-hydrogen) atoms. The molecule has 1 spiro atoms. The van der Waals surface area contributed by atoms with E-state index in [4.69, 9.17) is 9.72 Å². The number of aromatic amines is 1. The lowest BCUT2D eigenvalue weighted by atomic mass is 9.86. The van der Waals surface area contributed by atoms with Gasteiger partial charge in [-0.1, -0.05) is 0 Å². The first-order valence-electron chi connectivity index (χ1n) is 9.22. The second kappa shape index (κ2) is 5.78. The Labute approximate surface area is 146 Å². The number of aromatic nitrogens is 3. The molecule has 7 nitrogen and oxygen atoms in total. The third-order valence-corrected chi connectivity index (χ3v) is 6.07. The van der Waals surface area contributed by atoms with Crippen LogP contribution in [0.1, 0.15) is 37.3 Å². The molecule has 5 heterocycles. The van der Waals surface area contributed by atoms with Crippen LogP contribution in [0.2, 0.25) is 0 Å². The van der Waals surface area contributed by atoms with Crippen molar-refractivity contribution in [3.63, 3.8) is 0 Å². The summed E-state index contributed by atoms with van der Waals surface area (Å²) in [5.74, 6) is 1.39. The summed E-state index contributed by atoms with van der Waals surface area (Å²) in [5.41, 5.74) is 2.65. The van der Waals surface area contributed by atoms with Crippen molar-refractivity contribution in [1.29, 1.82) is 0 Å². The van der Waals surface area contributed by atoms with Gasteiger partial charge >= 0.3 is 0 Å². The van der Waals surface area contributed by atoms with E-state index in [-0.39, 0.29) is 11.3 Å². The minimum Gasteiger partial charge on any atom is -0.381 e. The number of H-pyrrole nitrogens is 1. The number of pyridine rings is 1. The highest BCUT2D eigenvalue weighted by Crippen LogP contribution is 2.39. The van der Waals surface area contributed by atoms with E-state index in [1.165, 1.54) is 0 Å². The van der Waals surface area contributed by atoms with Crippen molar-refractivity contribution >= 4 is 22.8 Å². The van der Waals surface area contributed by atoms with E-state index in [9.17, 15) is 4.79 Å². The number of amides is 1. The van der Waals surface area contributed by atoms with Gasteiger partial charge in [0, 0.05) is 32.2 Å². The normalized spacial score (nSPS) is 27.8. The van der Waals surface area contributed by atoms with Crippen LogP contribution in [0, 0.1) is 5.41 Å². The van der Waals surface area contributed by atoms with Crippen molar-refractivity contribution in [2.75, 3.05) is 37.7 Å². The molecular weight excluding hydrogens is 318 g/mol. The van der Waals surface area contributed by atoms with E-state index < -0.39 is 0 Å². The van der Waals surface area contributed by atoms with Gasteiger partial charge in [-0.3, -0.25) is 14.8 Å². The van der Waals surface area contributed by atoms with E-state index >= 15 is 0 Å². The topological polar surface area (TPSA) is 83.1 Å². The zero-order chi connectivity index (χ0) is 16.9. The number of hydrogen-bond acceptors (Lipinski definition) is 5. The Bertz CT molecular complexity index is 805. The van der Waals surface area contributed by atoms with Crippen LogP contribution >= 0.6 is 0 Å². The van der Waals surface area contributed by atoms with Crippen LogP contribution in [0.3, 0.4) is 0 Å². The number of rotatable bonds is 2. The summed E-state index contributed by atoms with van der Waals surface area (Å²) in [6.07, 6.45) is 3.82. The second-order valence-corrected chi connectivity index (χ2v) is 7.48. The zero-order valence-corrected chi connectivity index (χ0v) is 14.3. The van der Waals surface area contributed by atoms with Gasteiger partial charge in [0.25, 0.3) is 0 Å². The minimum absolute atomic E-state index is 0.212. The predicted octanol–water partition coefficient (Wildman–Crippen LogP) is 1.57. The number of ether oxygens (including phenoxy) is 1. The van der Waals surface area contributed by atoms with Crippen LogP contribution in [0.25, 0.3) is 11.0 Å². The lowest BCUT2D eigenvalue weighted by molar-refractivity contribution is -0.124. The zero-order valence-electron chi connectivity index (χ0n) is 14.3. The fraction of sp³-hybridized carbons (Fsp3) is 0.611. The van der Waals surface area contributed by atoms with E-state index in [0.717, 1.165) is 81.1 Å².